The van der Waals surface area contributed by atoms with Gasteiger partial charge >= 0.3 is 0 Å². The highest BCUT2D eigenvalue weighted by Crippen LogP contribution is 2.52. The molecule has 119 heavy (non-hydrogen) atoms. The Hall–Kier alpha value is -13.1. The standard InChI is InChI=1S/C24H24N2O.C22H20N2O.2C20H22N2O.C18H18N2O/c1-15(2)25-17(4)26(21-11-7-6-10-20(21)25)23-16(3)13-14-19-18-9-5-8-12-22(18)27-24(19)23;1-14-12-13-17-16-8-4-7-11-20(16)25-22(17)21(14)24-15(2)23(3)18-9-5-6-10-19(18)24;2*1-13(2)21-11-12-22(15(21)4)19-14(3)9-10-17-16-7-5-6-8-18(16)23-20(17)19;1-12-8-9-15-14-6-4-5-7-16(14)21-18(15)17(12)20-11-10-19(3)13(20)2/h5-15,17H,1-4H3;4-13,15H,1-3H3;2*5-13,15H,1-4H3;4-11,13H,1-3H3/i15D;3D3;1D3,13D;13D;3D3. The van der Waals surface area contributed by atoms with E-state index >= 15 is 0 Å². The number of fused-ring (bicyclic) bond motifs is 17. The maximum absolute atomic E-state index is 8.72. The lowest BCUT2D eigenvalue weighted by molar-refractivity contribution is 0.263. The summed E-state index contributed by atoms with van der Waals surface area (Å²) in [6, 6.07) is 74.0. The van der Waals surface area contributed by atoms with Crippen LogP contribution in [0.4, 0.5) is 51.2 Å². The molecule has 0 N–H and O–H groups in total. The van der Waals surface area contributed by atoms with Crippen LogP contribution in [-0.4, -0.2) is 77.5 Å². The number of furan rings is 5. The molecule has 22 rings (SSSR count). The summed E-state index contributed by atoms with van der Waals surface area (Å²) in [7, 11) is 0. The van der Waals surface area contributed by atoms with Gasteiger partial charge < -0.3 is 71.1 Å². The van der Waals surface area contributed by atoms with Gasteiger partial charge in [0.15, 0.2) is 27.9 Å². The molecule has 0 radical (unpaired) electrons. The topological polar surface area (TPSA) is 98.1 Å². The molecule has 5 aliphatic heterocycles. The van der Waals surface area contributed by atoms with E-state index in [1.54, 1.807) is 17.3 Å². The third-order valence-corrected chi connectivity index (χ3v) is 24.1. The van der Waals surface area contributed by atoms with Crippen molar-refractivity contribution < 1.29 is 38.5 Å². The van der Waals surface area contributed by atoms with E-state index in [0.717, 1.165) is 177 Å². The molecule has 15 heteroatoms. The van der Waals surface area contributed by atoms with Gasteiger partial charge in [0.25, 0.3) is 0 Å². The molecule has 6 atom stereocenters. The van der Waals surface area contributed by atoms with Crippen molar-refractivity contribution in [2.75, 3.05) is 48.3 Å². The molecule has 15 nitrogen and oxygen atoms in total. The van der Waals surface area contributed by atoms with Crippen molar-refractivity contribution in [2.24, 2.45) is 0 Å². The molecular formula is C104H106N10O5. The maximum Gasteiger partial charge on any atom is 0.159 e. The number of nitrogens with zero attached hydrogens (tertiary/aromatic N) is 10. The van der Waals surface area contributed by atoms with Crippen LogP contribution in [0.15, 0.2) is 290 Å². The summed E-state index contributed by atoms with van der Waals surface area (Å²) in [5.41, 5.74) is 22.6. The van der Waals surface area contributed by atoms with Gasteiger partial charge in [-0.1, -0.05) is 176 Å². The minimum Gasteiger partial charge on any atom is -0.454 e. The van der Waals surface area contributed by atoms with Crippen LogP contribution in [0.2, 0.25) is 0 Å². The summed E-state index contributed by atoms with van der Waals surface area (Å²) in [5.74, 6) is 0. The van der Waals surface area contributed by atoms with Crippen molar-refractivity contribution in [3.8, 4) is 0 Å². The van der Waals surface area contributed by atoms with E-state index < -0.39 is 38.9 Å². The van der Waals surface area contributed by atoms with Gasteiger partial charge in [-0.2, -0.15) is 0 Å². The Labute approximate surface area is 714 Å². The van der Waals surface area contributed by atoms with Crippen LogP contribution in [0.5, 0.6) is 0 Å². The Balaban J connectivity index is 0.000000110. The van der Waals surface area contributed by atoms with Gasteiger partial charge in [0.05, 0.1) is 55.3 Å². The Morgan fingerprint density at radius 3 is 0.916 bits per heavy atom. The van der Waals surface area contributed by atoms with Gasteiger partial charge in [-0.25, -0.2) is 0 Å². The van der Waals surface area contributed by atoms with Crippen LogP contribution in [0.1, 0.15) is 120 Å². The molecule has 602 valence electrons. The lowest BCUT2D eigenvalue weighted by atomic mass is 10.1. The number of hydrogen-bond acceptors (Lipinski definition) is 15. The molecule has 0 fully saturated rings. The summed E-state index contributed by atoms with van der Waals surface area (Å²) >= 11 is 0. The summed E-state index contributed by atoms with van der Waals surface area (Å²) < 4.78 is 127. The first-order valence-corrected chi connectivity index (χ1v) is 40.8. The van der Waals surface area contributed by atoms with E-state index in [1.807, 2.05) is 236 Å². The van der Waals surface area contributed by atoms with Crippen LogP contribution in [0, 0.1) is 34.6 Å². The number of rotatable bonds is 8. The molecular weight excluding hydrogens is 1470 g/mol. The predicted molar refractivity (Wildman–Crippen MR) is 499 cm³/mol. The minimum absolute atomic E-state index is 0.00223. The van der Waals surface area contributed by atoms with E-state index in [1.165, 1.54) is 22.3 Å². The molecule has 12 aromatic carbocycles. The molecule has 0 saturated carbocycles. The molecule has 0 bridgehead atoms. The molecule has 10 heterocycles. The summed E-state index contributed by atoms with van der Waals surface area (Å²) in [4.78, 5) is 19.2. The zero-order valence-corrected chi connectivity index (χ0v) is 69.8. The molecule has 5 aromatic heterocycles. The summed E-state index contributed by atoms with van der Waals surface area (Å²) in [6.07, 6.45) is 10.1. The largest absolute Gasteiger partial charge is 0.454 e. The average Bonchev–Trinajstić information content (AvgIpc) is 1.55. The lowest BCUT2D eigenvalue weighted by Crippen LogP contribution is -2.42. The number of aryl methyl sites for hydroxylation is 5. The third kappa shape index (κ3) is 13.0. The number of para-hydroxylation sites is 9. The highest BCUT2D eigenvalue weighted by Gasteiger charge is 2.39. The maximum atomic E-state index is 8.72. The molecule has 0 aliphatic carbocycles. The Bertz CT molecular complexity index is 7040. The number of benzene rings is 12. The van der Waals surface area contributed by atoms with Crippen molar-refractivity contribution in [3.63, 3.8) is 0 Å². The third-order valence-electron chi connectivity index (χ3n) is 24.1. The van der Waals surface area contributed by atoms with Gasteiger partial charge in [-0.3, -0.25) is 0 Å². The molecule has 17 aromatic rings. The van der Waals surface area contributed by atoms with Crippen LogP contribution in [0.3, 0.4) is 0 Å². The normalized spacial score (nSPS) is 20.0. The van der Waals surface area contributed by atoms with Crippen LogP contribution in [0.25, 0.3) is 110 Å². The first-order chi connectivity index (χ1) is 62.1. The first kappa shape index (κ1) is 64.0. The average molecular weight is 1590 g/mol. The predicted octanol–water partition coefficient (Wildman–Crippen LogP) is 27.4. The first-order valence-electron chi connectivity index (χ1n) is 46.8. The number of hydrogen-bond donors (Lipinski definition) is 0. The highest BCUT2D eigenvalue weighted by molar-refractivity contribution is 6.15. The van der Waals surface area contributed by atoms with E-state index in [4.69, 9.17) is 38.5 Å². The van der Waals surface area contributed by atoms with Gasteiger partial charge in [0.2, 0.25) is 0 Å². The lowest BCUT2D eigenvalue weighted by Gasteiger charge is -2.33. The van der Waals surface area contributed by atoms with Crippen LogP contribution in [-0.2, 0) is 0 Å². The van der Waals surface area contributed by atoms with E-state index in [0.29, 0.717) is 5.69 Å². The Morgan fingerprint density at radius 1 is 0.277 bits per heavy atom. The van der Waals surface area contributed by atoms with E-state index in [9.17, 15) is 0 Å². The van der Waals surface area contributed by atoms with Gasteiger partial charge in [-0.05, 0) is 193 Å². The van der Waals surface area contributed by atoms with Crippen molar-refractivity contribution >= 4 is 161 Å². The second kappa shape index (κ2) is 30.7. The minimum atomic E-state index is -2.43. The van der Waals surface area contributed by atoms with Crippen LogP contribution < -0.4 is 34.3 Å². The number of anilines is 9. The van der Waals surface area contributed by atoms with Crippen LogP contribution >= 0.6 is 0 Å². The second-order valence-corrected chi connectivity index (χ2v) is 32.0. The zero-order chi connectivity index (χ0) is 92.9. The van der Waals surface area contributed by atoms with Gasteiger partial charge in [0, 0.05) is 135 Å². The molecule has 5 aliphatic rings. The fourth-order valence-corrected chi connectivity index (χ4v) is 18.2. The van der Waals surface area contributed by atoms with E-state index in [-0.39, 0.29) is 30.8 Å². The smallest absolute Gasteiger partial charge is 0.159 e. The fourth-order valence-electron chi connectivity index (χ4n) is 18.2. The molecule has 0 amide bonds. The molecule has 0 spiro atoms. The quantitative estimate of drug-likeness (QED) is 0.144. The Kier molecular flexibility index (Phi) is 16.5. The van der Waals surface area contributed by atoms with Gasteiger partial charge in [-0.15, -0.1) is 0 Å². The van der Waals surface area contributed by atoms with Crippen molar-refractivity contribution in [1.29, 1.82) is 0 Å². The van der Waals surface area contributed by atoms with Crippen molar-refractivity contribution in [2.45, 2.75) is 160 Å². The van der Waals surface area contributed by atoms with Crippen molar-refractivity contribution in [1.82, 2.24) is 14.7 Å². The second-order valence-electron chi connectivity index (χ2n) is 32.0. The SMILES string of the molecule is [2H]C(C)(C)N1C=CN(c2c(C)ccc3c2oc2ccccc23)C1C.[2H]C(C)(C)N1c2ccccc2N(c2c(C)ccc3c2oc2ccccc23)C1C.[2H]C([2H])([2H])C([2H])(C)N1C=CN(c2c(C)ccc3c2oc2ccccc23)C1C.[2H]C([2H])([2H])N1C=CN(c2c(C)ccc3c2oc2ccccc23)C1C.[2H]C([2H])([2H])N1c2ccccc2N(c2c(C)ccc3c2oc2ccccc23)C1C. The van der Waals surface area contributed by atoms with E-state index in [2.05, 4.69) is 151 Å². The van der Waals surface area contributed by atoms with Gasteiger partial charge in [0.1, 0.15) is 58.7 Å². The van der Waals surface area contributed by atoms with Crippen molar-refractivity contribution in [3.05, 3.63) is 296 Å². The molecule has 0 saturated heterocycles. The summed E-state index contributed by atoms with van der Waals surface area (Å²) in [6.45, 7) is 22.6. The zero-order valence-electron chi connectivity index (χ0n) is 81.8. The monoisotopic (exact) mass is 1590 g/mol. The Morgan fingerprint density at radius 2 is 0.580 bits per heavy atom. The highest BCUT2D eigenvalue weighted by atomic mass is 16.3. The molecule has 6 unspecified atom stereocenters. The summed E-state index contributed by atoms with van der Waals surface area (Å²) in [5, 5.41) is 10.8. The fraction of sp³-hybridized carbons (Fsp3) is 0.250.